The summed E-state index contributed by atoms with van der Waals surface area (Å²) < 4.78 is 0. The van der Waals surface area contributed by atoms with Crippen molar-refractivity contribution in [2.45, 2.75) is 13.8 Å². The summed E-state index contributed by atoms with van der Waals surface area (Å²) in [7, 11) is 0. The van der Waals surface area contributed by atoms with Gasteiger partial charge in [-0.3, -0.25) is 4.79 Å². The van der Waals surface area contributed by atoms with Crippen molar-refractivity contribution in [2.75, 3.05) is 5.73 Å². The Bertz CT molecular complexity index is 1030. The first-order chi connectivity index (χ1) is 12.3. The van der Waals surface area contributed by atoms with Crippen LogP contribution >= 0.6 is 11.6 Å². The van der Waals surface area contributed by atoms with E-state index in [1.807, 2.05) is 13.0 Å². The molecule has 1 heterocycles. The van der Waals surface area contributed by atoms with Gasteiger partial charge in [-0.25, -0.2) is 4.98 Å². The van der Waals surface area contributed by atoms with Gasteiger partial charge in [-0.2, -0.15) is 0 Å². The average molecular weight is 368 g/mol. The highest BCUT2D eigenvalue weighted by atomic mass is 35.5. The summed E-state index contributed by atoms with van der Waals surface area (Å²) in [6, 6.07) is 10.4. The first kappa shape index (κ1) is 17.8. The molecule has 0 saturated carbocycles. The second-order valence-electron chi connectivity index (χ2n) is 6.12. The number of carbonyl (C=O) groups is 1. The number of aromatic hydroxyl groups is 1. The summed E-state index contributed by atoms with van der Waals surface area (Å²) >= 11 is 6.00. The van der Waals surface area contributed by atoms with Crippen molar-refractivity contribution in [3.63, 3.8) is 0 Å². The quantitative estimate of drug-likeness (QED) is 0.479. The Morgan fingerprint density at radius 1 is 1.12 bits per heavy atom. The number of aromatic nitrogens is 1. The molecule has 3 aromatic rings. The molecule has 0 aliphatic rings. The molecule has 0 spiro atoms. The monoisotopic (exact) mass is 367 g/mol. The van der Waals surface area contributed by atoms with E-state index in [9.17, 15) is 9.90 Å². The molecule has 6 heteroatoms. The van der Waals surface area contributed by atoms with Gasteiger partial charge in [0.15, 0.2) is 0 Å². The first-order valence-corrected chi connectivity index (χ1v) is 8.32. The minimum absolute atomic E-state index is 0.156. The second-order valence-corrected chi connectivity index (χ2v) is 6.51. The number of hydrogen-bond donors (Lipinski definition) is 3. The molecule has 3 rings (SSSR count). The van der Waals surface area contributed by atoms with Gasteiger partial charge >= 0.3 is 0 Å². The Labute approximate surface area is 156 Å². The molecule has 0 radical (unpaired) electrons. The number of halogens is 1. The maximum atomic E-state index is 11.9. The predicted molar refractivity (Wildman–Crippen MR) is 104 cm³/mol. The first-order valence-electron chi connectivity index (χ1n) is 7.94. The molecule has 0 saturated heterocycles. The topological polar surface area (TPSA) is 102 Å². The normalized spacial score (nSPS) is 10.7. The zero-order chi connectivity index (χ0) is 19.0. The second kappa shape index (κ2) is 6.69. The van der Waals surface area contributed by atoms with E-state index in [0.717, 1.165) is 22.3 Å². The van der Waals surface area contributed by atoms with Gasteiger partial charge in [0.25, 0.3) is 5.91 Å². The lowest BCUT2D eigenvalue weighted by atomic mass is 9.89. The Morgan fingerprint density at radius 3 is 2.50 bits per heavy atom. The Hall–Kier alpha value is -3.05. The molecule has 1 amide bonds. The van der Waals surface area contributed by atoms with E-state index in [1.165, 1.54) is 0 Å². The Kier molecular flexibility index (Phi) is 4.57. The van der Waals surface area contributed by atoms with Gasteiger partial charge in [-0.1, -0.05) is 17.7 Å². The van der Waals surface area contributed by atoms with Gasteiger partial charge in [0, 0.05) is 11.8 Å². The lowest BCUT2D eigenvalue weighted by Gasteiger charge is -2.17. The van der Waals surface area contributed by atoms with Crippen LogP contribution in [0.1, 0.15) is 21.5 Å². The number of aryl methyl sites for hydroxylation is 1. The van der Waals surface area contributed by atoms with Crippen LogP contribution in [-0.4, -0.2) is 16.0 Å². The number of anilines is 1. The third-order valence-corrected chi connectivity index (χ3v) is 4.63. The zero-order valence-corrected chi connectivity index (χ0v) is 15.1. The number of nitrogens with two attached hydrogens (primary N) is 2. The van der Waals surface area contributed by atoms with E-state index in [4.69, 9.17) is 23.1 Å². The minimum Gasteiger partial charge on any atom is -0.508 e. The van der Waals surface area contributed by atoms with E-state index in [2.05, 4.69) is 4.98 Å². The SMILES string of the molecule is Cc1ccc(O)c(C)c1-c1cc(-c2ccnc(Cl)c2)cc(C(N)=O)c1N. The van der Waals surface area contributed by atoms with E-state index in [0.29, 0.717) is 16.3 Å². The molecule has 5 nitrogen and oxygen atoms in total. The highest BCUT2D eigenvalue weighted by Gasteiger charge is 2.18. The molecule has 132 valence electrons. The number of hydrogen-bond acceptors (Lipinski definition) is 4. The van der Waals surface area contributed by atoms with Gasteiger partial charge in [0.1, 0.15) is 10.9 Å². The Morgan fingerprint density at radius 2 is 1.85 bits per heavy atom. The molecule has 2 aromatic carbocycles. The lowest BCUT2D eigenvalue weighted by molar-refractivity contribution is 0.100. The van der Waals surface area contributed by atoms with Crippen molar-refractivity contribution in [2.24, 2.45) is 5.73 Å². The lowest BCUT2D eigenvalue weighted by Crippen LogP contribution is -2.14. The van der Waals surface area contributed by atoms with E-state index in [1.54, 1.807) is 43.5 Å². The van der Waals surface area contributed by atoms with Crippen LogP contribution in [0.2, 0.25) is 5.15 Å². The fourth-order valence-electron chi connectivity index (χ4n) is 3.06. The number of rotatable bonds is 3. The van der Waals surface area contributed by atoms with Crippen LogP contribution in [0.3, 0.4) is 0 Å². The van der Waals surface area contributed by atoms with Crippen LogP contribution in [0.25, 0.3) is 22.3 Å². The summed E-state index contributed by atoms with van der Waals surface area (Å²) in [4.78, 5) is 15.9. The van der Waals surface area contributed by atoms with Crippen molar-refractivity contribution >= 4 is 23.2 Å². The van der Waals surface area contributed by atoms with Crippen molar-refractivity contribution in [1.82, 2.24) is 4.98 Å². The fraction of sp³-hybridized carbons (Fsp3) is 0.100. The van der Waals surface area contributed by atoms with E-state index < -0.39 is 5.91 Å². The van der Waals surface area contributed by atoms with Crippen LogP contribution in [0.4, 0.5) is 5.69 Å². The molecule has 0 aliphatic carbocycles. The summed E-state index contributed by atoms with van der Waals surface area (Å²) in [5.74, 6) is -0.468. The summed E-state index contributed by atoms with van der Waals surface area (Å²) in [5, 5.41) is 10.5. The van der Waals surface area contributed by atoms with Gasteiger partial charge in [0.05, 0.1) is 11.3 Å². The molecule has 5 N–H and O–H groups in total. The summed E-state index contributed by atoms with van der Waals surface area (Å²) in [6.07, 6.45) is 1.59. The zero-order valence-electron chi connectivity index (χ0n) is 14.4. The minimum atomic E-state index is -0.624. The number of nitrogen functional groups attached to an aromatic ring is 1. The van der Waals surface area contributed by atoms with Gasteiger partial charge in [-0.15, -0.1) is 0 Å². The van der Waals surface area contributed by atoms with Gasteiger partial charge < -0.3 is 16.6 Å². The summed E-state index contributed by atoms with van der Waals surface area (Å²) in [6.45, 7) is 3.72. The molecule has 0 atom stereocenters. The van der Waals surface area contributed by atoms with Gasteiger partial charge in [-0.05, 0) is 72.0 Å². The largest absolute Gasteiger partial charge is 0.508 e. The number of benzene rings is 2. The number of phenolic OH excluding ortho intramolecular Hbond substituents is 1. The summed E-state index contributed by atoms with van der Waals surface area (Å²) in [5.41, 5.74) is 16.8. The van der Waals surface area contributed by atoms with Crippen molar-refractivity contribution in [3.8, 4) is 28.0 Å². The average Bonchev–Trinajstić information content (AvgIpc) is 2.59. The molecule has 0 bridgehead atoms. The molecular formula is C20H18ClN3O2. The van der Waals surface area contributed by atoms with Gasteiger partial charge in [0.2, 0.25) is 0 Å². The van der Waals surface area contributed by atoms with Crippen molar-refractivity contribution in [3.05, 3.63) is 64.4 Å². The van der Waals surface area contributed by atoms with Crippen molar-refractivity contribution in [1.29, 1.82) is 0 Å². The molecule has 1 aromatic heterocycles. The number of pyridine rings is 1. The molecule has 26 heavy (non-hydrogen) atoms. The number of phenols is 1. The van der Waals surface area contributed by atoms with Crippen LogP contribution < -0.4 is 11.5 Å². The number of primary amides is 1. The molecule has 0 unspecified atom stereocenters. The predicted octanol–water partition coefficient (Wildman–Crippen LogP) is 4.07. The fourth-order valence-corrected chi connectivity index (χ4v) is 3.24. The number of carbonyl (C=O) groups excluding carboxylic acids is 1. The highest BCUT2D eigenvalue weighted by molar-refractivity contribution is 6.29. The molecular weight excluding hydrogens is 350 g/mol. The Balaban J connectivity index is 2.36. The molecule has 0 fully saturated rings. The number of amides is 1. The number of nitrogens with zero attached hydrogens (tertiary/aromatic N) is 1. The molecule has 0 aliphatic heterocycles. The van der Waals surface area contributed by atoms with Crippen molar-refractivity contribution < 1.29 is 9.90 Å². The maximum Gasteiger partial charge on any atom is 0.250 e. The smallest absolute Gasteiger partial charge is 0.250 e. The van der Waals surface area contributed by atoms with Crippen LogP contribution in [0, 0.1) is 13.8 Å². The standard InChI is InChI=1S/C20H18ClN3O2/c1-10-3-4-16(25)11(2)18(10)14-7-13(8-15(19(14)22)20(23)26)12-5-6-24-17(21)9-12/h3-9,25H,22H2,1-2H3,(H2,23,26). The third-order valence-electron chi connectivity index (χ3n) is 4.42. The van der Waals surface area contributed by atoms with E-state index >= 15 is 0 Å². The van der Waals surface area contributed by atoms with Crippen LogP contribution in [0.5, 0.6) is 5.75 Å². The van der Waals surface area contributed by atoms with Crippen LogP contribution in [0.15, 0.2) is 42.6 Å². The van der Waals surface area contributed by atoms with Crippen LogP contribution in [-0.2, 0) is 0 Å². The highest BCUT2D eigenvalue weighted by Crippen LogP contribution is 2.39. The third kappa shape index (κ3) is 3.09. The van der Waals surface area contributed by atoms with E-state index in [-0.39, 0.29) is 17.0 Å². The maximum absolute atomic E-state index is 11.9.